The number of nitrogens with one attached hydrogen (secondary N) is 2. The molecule has 2 N–H and O–H groups in total. The number of carbonyl (C=O) groups is 2. The number of amides is 2. The van der Waals surface area contributed by atoms with Crippen molar-refractivity contribution < 1.29 is 18.7 Å². The van der Waals surface area contributed by atoms with Crippen molar-refractivity contribution in [2.45, 2.75) is 12.8 Å². The molecule has 140 valence electrons. The molecule has 0 aliphatic heterocycles. The summed E-state index contributed by atoms with van der Waals surface area (Å²) < 4.78 is 10.2. The van der Waals surface area contributed by atoms with Gasteiger partial charge in [0, 0.05) is 16.8 Å². The Balaban J connectivity index is 1.53. The molecule has 0 radical (unpaired) electrons. The van der Waals surface area contributed by atoms with Crippen LogP contribution in [0.2, 0.25) is 5.02 Å². The van der Waals surface area contributed by atoms with E-state index in [1.54, 1.807) is 35.7 Å². The topological polar surface area (TPSA) is 93.5 Å². The first kappa shape index (κ1) is 18.9. The molecule has 0 atom stereocenters. The number of ether oxygens (including phenoxy) is 1. The smallest absolute Gasteiger partial charge is 0.293 e. The van der Waals surface area contributed by atoms with Crippen molar-refractivity contribution in [3.8, 4) is 5.75 Å². The second kappa shape index (κ2) is 8.70. The van der Waals surface area contributed by atoms with E-state index in [0.29, 0.717) is 33.7 Å². The number of hydrogen-bond donors (Lipinski definition) is 2. The van der Waals surface area contributed by atoms with Gasteiger partial charge in [-0.1, -0.05) is 11.6 Å². The summed E-state index contributed by atoms with van der Waals surface area (Å²) in [4.78, 5) is 28.4. The number of rotatable bonds is 7. The Kier molecular flexibility index (Phi) is 6.10. The lowest BCUT2D eigenvalue weighted by atomic mass is 10.2. The maximum atomic E-state index is 12.2. The number of thiazole rings is 1. The van der Waals surface area contributed by atoms with Gasteiger partial charge in [0.25, 0.3) is 5.91 Å². The number of benzene rings is 1. The number of anilines is 2. The quantitative estimate of drug-likeness (QED) is 0.613. The minimum atomic E-state index is -0.369. The van der Waals surface area contributed by atoms with Gasteiger partial charge in [-0.15, -0.1) is 11.3 Å². The first-order valence-electron chi connectivity index (χ1n) is 7.98. The maximum absolute atomic E-state index is 12.2. The molecule has 2 heterocycles. The number of aryl methyl sites for hydroxylation is 1. The van der Waals surface area contributed by atoms with Gasteiger partial charge in [-0.05, 0) is 36.8 Å². The van der Waals surface area contributed by atoms with Gasteiger partial charge < -0.3 is 14.5 Å². The fourth-order valence-corrected chi connectivity index (χ4v) is 3.19. The monoisotopic (exact) mass is 405 g/mol. The van der Waals surface area contributed by atoms with Crippen molar-refractivity contribution >= 4 is 45.6 Å². The molecule has 0 saturated carbocycles. The summed E-state index contributed by atoms with van der Waals surface area (Å²) in [6, 6.07) is 8.20. The van der Waals surface area contributed by atoms with Gasteiger partial charge in [0.1, 0.15) is 5.75 Å². The number of aromatic nitrogens is 1. The van der Waals surface area contributed by atoms with E-state index in [2.05, 4.69) is 15.6 Å². The standard InChI is InChI=1S/C18H16ClN3O4S/c1-25-14-6-4-11(19)9-13(14)21-16(23)7-5-12-10-27-18(20-12)22-17(24)15-3-2-8-26-15/h2-4,6,8-10H,5,7H2,1H3,(H,21,23)(H,20,22,24). The summed E-state index contributed by atoms with van der Waals surface area (Å²) in [5, 5.41) is 8.18. The van der Waals surface area contributed by atoms with Crippen LogP contribution in [-0.4, -0.2) is 23.9 Å². The zero-order chi connectivity index (χ0) is 19.2. The van der Waals surface area contributed by atoms with E-state index in [1.807, 2.05) is 0 Å². The summed E-state index contributed by atoms with van der Waals surface area (Å²) in [6.45, 7) is 0. The molecule has 0 spiro atoms. The van der Waals surface area contributed by atoms with Crippen LogP contribution in [0.1, 0.15) is 22.7 Å². The van der Waals surface area contributed by atoms with Crippen LogP contribution in [0.5, 0.6) is 5.75 Å². The first-order chi connectivity index (χ1) is 13.0. The largest absolute Gasteiger partial charge is 0.495 e. The number of carbonyl (C=O) groups excluding carboxylic acids is 2. The van der Waals surface area contributed by atoms with Crippen molar-refractivity contribution in [3.05, 3.63) is 58.5 Å². The predicted octanol–water partition coefficient (Wildman–Crippen LogP) is 4.22. The number of furan rings is 1. The first-order valence-corrected chi connectivity index (χ1v) is 9.23. The van der Waals surface area contributed by atoms with Gasteiger partial charge >= 0.3 is 0 Å². The third-order valence-electron chi connectivity index (χ3n) is 3.56. The zero-order valence-electron chi connectivity index (χ0n) is 14.3. The van der Waals surface area contributed by atoms with E-state index in [0.717, 1.165) is 0 Å². The second-order valence-corrected chi connectivity index (χ2v) is 6.76. The summed E-state index contributed by atoms with van der Waals surface area (Å²) >= 11 is 7.24. The number of methoxy groups -OCH3 is 1. The van der Waals surface area contributed by atoms with E-state index in [9.17, 15) is 9.59 Å². The number of nitrogens with zero attached hydrogens (tertiary/aromatic N) is 1. The molecule has 1 aromatic carbocycles. The van der Waals surface area contributed by atoms with Crippen molar-refractivity contribution in [1.29, 1.82) is 0 Å². The lowest BCUT2D eigenvalue weighted by molar-refractivity contribution is -0.116. The molecule has 0 aliphatic rings. The highest BCUT2D eigenvalue weighted by Gasteiger charge is 2.13. The lowest BCUT2D eigenvalue weighted by Crippen LogP contribution is -2.13. The molecule has 0 saturated heterocycles. The maximum Gasteiger partial charge on any atom is 0.293 e. The highest BCUT2D eigenvalue weighted by atomic mass is 35.5. The summed E-state index contributed by atoms with van der Waals surface area (Å²) in [6.07, 6.45) is 2.09. The van der Waals surface area contributed by atoms with Crippen molar-refractivity contribution in [2.24, 2.45) is 0 Å². The molecule has 3 aromatic rings. The van der Waals surface area contributed by atoms with E-state index < -0.39 is 0 Å². The van der Waals surface area contributed by atoms with E-state index in [1.165, 1.54) is 24.7 Å². The fraction of sp³-hybridized carbons (Fsp3) is 0.167. The SMILES string of the molecule is COc1ccc(Cl)cc1NC(=O)CCc1csc(NC(=O)c2ccco2)n1. The molecule has 2 amide bonds. The Morgan fingerprint density at radius 1 is 1.30 bits per heavy atom. The Labute approximate surface area is 164 Å². The van der Waals surface area contributed by atoms with Crippen LogP contribution >= 0.6 is 22.9 Å². The summed E-state index contributed by atoms with van der Waals surface area (Å²) in [7, 11) is 1.52. The lowest BCUT2D eigenvalue weighted by Gasteiger charge is -2.10. The van der Waals surface area contributed by atoms with Crippen LogP contribution in [0.3, 0.4) is 0 Å². The number of hydrogen-bond acceptors (Lipinski definition) is 6. The minimum absolute atomic E-state index is 0.190. The average Bonchev–Trinajstić information content (AvgIpc) is 3.32. The molecule has 0 fully saturated rings. The van der Waals surface area contributed by atoms with E-state index in [-0.39, 0.29) is 24.0 Å². The van der Waals surface area contributed by atoms with Gasteiger partial charge in [0.2, 0.25) is 5.91 Å². The highest BCUT2D eigenvalue weighted by molar-refractivity contribution is 7.13. The van der Waals surface area contributed by atoms with E-state index >= 15 is 0 Å². The van der Waals surface area contributed by atoms with Gasteiger partial charge in [0.05, 0.1) is 24.8 Å². The van der Waals surface area contributed by atoms with E-state index in [4.69, 9.17) is 20.8 Å². The molecular formula is C18H16ClN3O4S. The third-order valence-corrected chi connectivity index (χ3v) is 4.60. The average molecular weight is 406 g/mol. The Hall–Kier alpha value is -2.84. The Morgan fingerprint density at radius 2 is 2.15 bits per heavy atom. The van der Waals surface area contributed by atoms with Crippen LogP contribution in [0.25, 0.3) is 0 Å². The number of halogens is 1. The van der Waals surface area contributed by atoms with Gasteiger partial charge in [-0.25, -0.2) is 4.98 Å². The Bertz CT molecular complexity index is 940. The fourth-order valence-electron chi connectivity index (χ4n) is 2.28. The summed E-state index contributed by atoms with van der Waals surface area (Å²) in [5.74, 6) is 0.183. The van der Waals surface area contributed by atoms with Gasteiger partial charge in [0.15, 0.2) is 10.9 Å². The van der Waals surface area contributed by atoms with Gasteiger partial charge in [-0.3, -0.25) is 14.9 Å². The zero-order valence-corrected chi connectivity index (χ0v) is 15.9. The molecule has 0 aliphatic carbocycles. The highest BCUT2D eigenvalue weighted by Crippen LogP contribution is 2.28. The van der Waals surface area contributed by atoms with Crippen LogP contribution in [0.15, 0.2) is 46.4 Å². The van der Waals surface area contributed by atoms with Gasteiger partial charge in [-0.2, -0.15) is 0 Å². The molecule has 2 aromatic heterocycles. The predicted molar refractivity (Wildman–Crippen MR) is 104 cm³/mol. The van der Waals surface area contributed by atoms with Crippen LogP contribution in [-0.2, 0) is 11.2 Å². The van der Waals surface area contributed by atoms with Crippen LogP contribution in [0, 0.1) is 0 Å². The van der Waals surface area contributed by atoms with Crippen LogP contribution < -0.4 is 15.4 Å². The van der Waals surface area contributed by atoms with Crippen LogP contribution in [0.4, 0.5) is 10.8 Å². The molecule has 0 unspecified atom stereocenters. The third kappa shape index (κ3) is 5.08. The molecule has 9 heteroatoms. The summed E-state index contributed by atoms with van der Waals surface area (Å²) in [5.41, 5.74) is 1.22. The van der Waals surface area contributed by atoms with Crippen molar-refractivity contribution in [3.63, 3.8) is 0 Å². The molecule has 3 rings (SSSR count). The molecule has 27 heavy (non-hydrogen) atoms. The second-order valence-electron chi connectivity index (χ2n) is 5.47. The molecule has 0 bridgehead atoms. The molecular weight excluding hydrogens is 390 g/mol. The normalized spacial score (nSPS) is 10.4. The Morgan fingerprint density at radius 3 is 2.89 bits per heavy atom. The molecule has 7 nitrogen and oxygen atoms in total. The minimum Gasteiger partial charge on any atom is -0.495 e. The van der Waals surface area contributed by atoms with Crippen molar-refractivity contribution in [2.75, 3.05) is 17.7 Å². The van der Waals surface area contributed by atoms with Crippen molar-refractivity contribution in [1.82, 2.24) is 4.98 Å².